The summed E-state index contributed by atoms with van der Waals surface area (Å²) in [7, 11) is 1.59. The second-order valence-corrected chi connectivity index (χ2v) is 7.32. The molecule has 0 spiro atoms. The van der Waals surface area contributed by atoms with Gasteiger partial charge in [0.25, 0.3) is 0 Å². The Morgan fingerprint density at radius 2 is 2.28 bits per heavy atom. The van der Waals surface area contributed by atoms with Crippen LogP contribution in [0.5, 0.6) is 5.75 Å². The van der Waals surface area contributed by atoms with E-state index in [1.54, 1.807) is 19.4 Å². The second-order valence-electron chi connectivity index (χ2n) is 5.12. The molecular weight excluding hydrogens is 356 g/mol. The van der Waals surface area contributed by atoms with Gasteiger partial charge in [0.15, 0.2) is 5.13 Å². The summed E-state index contributed by atoms with van der Waals surface area (Å²) in [5.41, 5.74) is 1.18. The van der Waals surface area contributed by atoms with Crippen LogP contribution in [0.1, 0.15) is 10.4 Å². The van der Waals surface area contributed by atoms with E-state index in [1.165, 1.54) is 23.1 Å². The van der Waals surface area contributed by atoms with Gasteiger partial charge in [0.05, 0.1) is 23.9 Å². The van der Waals surface area contributed by atoms with Crippen LogP contribution in [0.4, 0.5) is 5.13 Å². The molecule has 25 heavy (non-hydrogen) atoms. The highest BCUT2D eigenvalue weighted by Gasteiger charge is 2.12. The Balaban J connectivity index is 1.76. The van der Waals surface area contributed by atoms with Crippen LogP contribution in [0.15, 0.2) is 35.5 Å². The zero-order valence-electron chi connectivity index (χ0n) is 13.6. The number of methoxy groups -OCH3 is 1. The number of hydrogen-bond acceptors (Lipinski definition) is 7. The van der Waals surface area contributed by atoms with Crippen molar-refractivity contribution in [3.05, 3.63) is 40.9 Å². The lowest BCUT2D eigenvalue weighted by molar-refractivity contribution is -0.113. The monoisotopic (exact) mass is 370 g/mol. The number of benzene rings is 1. The van der Waals surface area contributed by atoms with Crippen molar-refractivity contribution in [2.24, 2.45) is 0 Å². The molecule has 2 aromatic heterocycles. The normalized spacial score (nSPS) is 10.4. The number of amides is 1. The van der Waals surface area contributed by atoms with Gasteiger partial charge >= 0.3 is 0 Å². The predicted molar refractivity (Wildman–Crippen MR) is 99.2 cm³/mol. The number of hydrogen-bond donors (Lipinski definition) is 1. The molecule has 0 aliphatic carbocycles. The van der Waals surface area contributed by atoms with Gasteiger partial charge < -0.3 is 10.1 Å². The zero-order valence-corrected chi connectivity index (χ0v) is 15.2. The minimum absolute atomic E-state index is 0.155. The van der Waals surface area contributed by atoms with Crippen LogP contribution in [0, 0.1) is 18.3 Å². The molecule has 0 aliphatic rings. The van der Waals surface area contributed by atoms with Gasteiger partial charge in [-0.05, 0) is 31.2 Å². The van der Waals surface area contributed by atoms with E-state index in [4.69, 9.17) is 4.74 Å². The number of pyridine rings is 1. The first-order valence-electron chi connectivity index (χ1n) is 7.33. The number of nitrogens with one attached hydrogen (secondary N) is 1. The van der Waals surface area contributed by atoms with Crippen molar-refractivity contribution in [1.29, 1.82) is 5.26 Å². The Morgan fingerprint density at radius 1 is 1.44 bits per heavy atom. The van der Waals surface area contributed by atoms with Crippen LogP contribution in [-0.2, 0) is 4.79 Å². The number of ether oxygens (including phenoxy) is 1. The van der Waals surface area contributed by atoms with Crippen molar-refractivity contribution in [2.75, 3.05) is 18.2 Å². The van der Waals surface area contributed by atoms with Gasteiger partial charge in [-0.2, -0.15) is 5.26 Å². The molecule has 0 unspecified atom stereocenters. The quantitative estimate of drug-likeness (QED) is 0.690. The number of rotatable bonds is 5. The molecule has 1 N–H and O–H groups in total. The molecule has 6 nitrogen and oxygen atoms in total. The van der Waals surface area contributed by atoms with Crippen LogP contribution in [-0.4, -0.2) is 28.7 Å². The number of aryl methyl sites for hydroxylation is 1. The van der Waals surface area contributed by atoms with Crippen LogP contribution in [0.25, 0.3) is 10.9 Å². The van der Waals surface area contributed by atoms with Crippen molar-refractivity contribution in [1.82, 2.24) is 9.97 Å². The number of aromatic nitrogens is 2. The minimum Gasteiger partial charge on any atom is -0.497 e. The predicted octanol–water partition coefficient (Wildman–Crippen LogP) is 3.61. The maximum atomic E-state index is 12.0. The minimum atomic E-state index is -0.181. The fraction of sp³-hybridized carbons (Fsp3) is 0.176. The van der Waals surface area contributed by atoms with Crippen molar-refractivity contribution in [3.8, 4) is 11.8 Å². The number of carbonyl (C=O) groups is 1. The zero-order chi connectivity index (χ0) is 17.8. The van der Waals surface area contributed by atoms with Crippen LogP contribution in [0.2, 0.25) is 0 Å². The summed E-state index contributed by atoms with van der Waals surface area (Å²) in [4.78, 5) is 21.7. The Hall–Kier alpha value is -2.63. The smallest absolute Gasteiger partial charge is 0.236 e. The Bertz CT molecular complexity index is 978. The van der Waals surface area contributed by atoms with Gasteiger partial charge in [0, 0.05) is 16.5 Å². The number of thiazole rings is 1. The Labute approximate surface area is 152 Å². The third-order valence-electron chi connectivity index (χ3n) is 3.31. The molecule has 126 valence electrons. The first kappa shape index (κ1) is 17.2. The summed E-state index contributed by atoms with van der Waals surface area (Å²) in [6, 6.07) is 9.37. The molecule has 2 heterocycles. The van der Waals surface area contributed by atoms with E-state index in [-0.39, 0.29) is 11.7 Å². The van der Waals surface area contributed by atoms with Crippen LogP contribution < -0.4 is 10.1 Å². The molecule has 0 bridgehead atoms. The summed E-state index contributed by atoms with van der Waals surface area (Å²) < 4.78 is 5.19. The third-order valence-corrected chi connectivity index (χ3v) is 5.13. The van der Waals surface area contributed by atoms with Gasteiger partial charge in [-0.1, -0.05) is 11.8 Å². The molecule has 8 heteroatoms. The SMILES string of the molecule is COc1ccc2nc(SCC(=O)Nc3ncc(C)s3)c(C#N)cc2c1. The topological polar surface area (TPSA) is 87.9 Å². The first-order chi connectivity index (χ1) is 12.1. The van der Waals surface area contributed by atoms with E-state index in [2.05, 4.69) is 21.4 Å². The average Bonchev–Trinajstić information content (AvgIpc) is 3.03. The summed E-state index contributed by atoms with van der Waals surface area (Å²) in [5.74, 6) is 0.679. The first-order valence-corrected chi connectivity index (χ1v) is 9.13. The van der Waals surface area contributed by atoms with Crippen molar-refractivity contribution in [2.45, 2.75) is 11.9 Å². The van der Waals surface area contributed by atoms with E-state index in [9.17, 15) is 10.1 Å². The van der Waals surface area contributed by atoms with Crippen molar-refractivity contribution in [3.63, 3.8) is 0 Å². The van der Waals surface area contributed by atoms with Crippen molar-refractivity contribution >= 4 is 45.0 Å². The highest BCUT2D eigenvalue weighted by molar-refractivity contribution is 8.00. The Kier molecular flexibility index (Phi) is 5.16. The molecule has 0 radical (unpaired) electrons. The number of nitrogens with zero attached hydrogens (tertiary/aromatic N) is 3. The average molecular weight is 370 g/mol. The van der Waals surface area contributed by atoms with E-state index < -0.39 is 0 Å². The lowest BCUT2D eigenvalue weighted by atomic mass is 10.1. The highest BCUT2D eigenvalue weighted by Crippen LogP contribution is 2.27. The Morgan fingerprint density at radius 3 is 2.96 bits per heavy atom. The summed E-state index contributed by atoms with van der Waals surface area (Å²) in [6.45, 7) is 1.93. The maximum absolute atomic E-state index is 12.0. The van der Waals surface area contributed by atoms with Gasteiger partial charge in [-0.25, -0.2) is 9.97 Å². The van der Waals surface area contributed by atoms with E-state index in [0.29, 0.717) is 21.5 Å². The van der Waals surface area contributed by atoms with E-state index in [1.807, 2.05) is 25.1 Å². The molecule has 3 aromatic rings. The molecule has 0 saturated heterocycles. The molecule has 0 fully saturated rings. The second kappa shape index (κ2) is 7.51. The molecule has 0 saturated carbocycles. The maximum Gasteiger partial charge on any atom is 0.236 e. The van der Waals surface area contributed by atoms with Gasteiger partial charge in [0.1, 0.15) is 16.8 Å². The number of fused-ring (bicyclic) bond motifs is 1. The molecular formula is C17H14N4O2S2. The molecule has 0 aliphatic heterocycles. The standard InChI is InChI=1S/C17H14N4O2S2/c1-10-8-19-17(25-10)21-15(22)9-24-16-12(7-18)5-11-6-13(23-2)3-4-14(11)20-16/h3-6,8H,9H2,1-2H3,(H,19,21,22). The number of carbonyl (C=O) groups excluding carboxylic acids is 1. The van der Waals surface area contributed by atoms with E-state index in [0.717, 1.165) is 15.8 Å². The third kappa shape index (κ3) is 4.07. The summed E-state index contributed by atoms with van der Waals surface area (Å²) >= 11 is 2.65. The number of anilines is 1. The molecule has 0 atom stereocenters. The molecule has 3 rings (SSSR count). The fourth-order valence-corrected chi connectivity index (χ4v) is 3.60. The molecule has 1 amide bonds. The number of nitriles is 1. The van der Waals surface area contributed by atoms with Crippen LogP contribution >= 0.6 is 23.1 Å². The van der Waals surface area contributed by atoms with Gasteiger partial charge in [0.2, 0.25) is 5.91 Å². The lowest BCUT2D eigenvalue weighted by Crippen LogP contribution is -2.14. The fourth-order valence-electron chi connectivity index (χ4n) is 2.16. The lowest BCUT2D eigenvalue weighted by Gasteiger charge is -2.07. The van der Waals surface area contributed by atoms with E-state index >= 15 is 0 Å². The van der Waals surface area contributed by atoms with Gasteiger partial charge in [-0.3, -0.25) is 4.79 Å². The summed E-state index contributed by atoms with van der Waals surface area (Å²) in [5, 5.41) is 14.0. The highest BCUT2D eigenvalue weighted by atomic mass is 32.2. The number of thioether (sulfide) groups is 1. The largest absolute Gasteiger partial charge is 0.497 e. The van der Waals surface area contributed by atoms with Gasteiger partial charge in [-0.15, -0.1) is 11.3 Å². The summed E-state index contributed by atoms with van der Waals surface area (Å²) in [6.07, 6.45) is 1.71. The molecule has 1 aromatic carbocycles. The van der Waals surface area contributed by atoms with Crippen molar-refractivity contribution < 1.29 is 9.53 Å². The van der Waals surface area contributed by atoms with Crippen LogP contribution in [0.3, 0.4) is 0 Å².